The van der Waals surface area contributed by atoms with Crippen LogP contribution in [-0.4, -0.2) is 41.8 Å². The van der Waals surface area contributed by atoms with E-state index in [0.717, 1.165) is 5.56 Å². The lowest BCUT2D eigenvalue weighted by molar-refractivity contribution is 0.369. The van der Waals surface area contributed by atoms with Crippen LogP contribution in [-0.2, 0) is 13.1 Å². The van der Waals surface area contributed by atoms with Crippen LogP contribution in [0.1, 0.15) is 17.0 Å². The van der Waals surface area contributed by atoms with Gasteiger partial charge in [-0.05, 0) is 24.6 Å². The van der Waals surface area contributed by atoms with Gasteiger partial charge in [0.1, 0.15) is 18.6 Å². The highest BCUT2D eigenvalue weighted by atomic mass is 16.5. The Morgan fingerprint density at radius 2 is 1.88 bits per heavy atom. The summed E-state index contributed by atoms with van der Waals surface area (Å²) >= 11 is 0. The Kier molecular flexibility index (Phi) is 4.94. The van der Waals surface area contributed by atoms with Crippen molar-refractivity contribution in [2.75, 3.05) is 7.11 Å². The average Bonchev–Trinajstić information content (AvgIpc) is 3.45. The Hall–Kier alpha value is -4.34. The van der Waals surface area contributed by atoms with Crippen molar-refractivity contribution < 1.29 is 9.26 Å². The van der Waals surface area contributed by atoms with Crippen LogP contribution in [0.3, 0.4) is 0 Å². The predicted molar refractivity (Wildman–Crippen MR) is 115 cm³/mol. The summed E-state index contributed by atoms with van der Waals surface area (Å²) in [6.07, 6.45) is 1.44. The molecule has 0 saturated heterocycles. The molecule has 5 rings (SSSR count). The van der Waals surface area contributed by atoms with Crippen molar-refractivity contribution in [1.82, 2.24) is 34.7 Å². The quantitative estimate of drug-likeness (QED) is 0.404. The van der Waals surface area contributed by atoms with Crippen LogP contribution in [0.15, 0.2) is 64.2 Å². The van der Waals surface area contributed by atoms with E-state index in [4.69, 9.17) is 9.26 Å². The molecule has 0 aliphatic heterocycles. The van der Waals surface area contributed by atoms with Crippen molar-refractivity contribution >= 4 is 11.2 Å². The van der Waals surface area contributed by atoms with Crippen LogP contribution >= 0.6 is 0 Å². The van der Waals surface area contributed by atoms with E-state index in [2.05, 4.69) is 25.4 Å². The monoisotopic (exact) mass is 429 g/mol. The molecule has 160 valence electrons. The highest BCUT2D eigenvalue weighted by Crippen LogP contribution is 2.27. The fraction of sp³-hybridized carbons (Fsp3) is 0.182. The molecule has 0 amide bonds. The van der Waals surface area contributed by atoms with Crippen LogP contribution in [0.25, 0.3) is 22.6 Å². The molecule has 5 aromatic rings. The Labute approximate surface area is 182 Å². The summed E-state index contributed by atoms with van der Waals surface area (Å²) in [6, 6.07) is 15.4. The molecule has 3 heterocycles. The first-order chi connectivity index (χ1) is 15.6. The number of aromatic nitrogens is 7. The molecule has 10 nitrogen and oxygen atoms in total. The molecule has 0 spiro atoms. The van der Waals surface area contributed by atoms with Gasteiger partial charge in [0, 0.05) is 0 Å². The van der Waals surface area contributed by atoms with Crippen molar-refractivity contribution in [3.63, 3.8) is 0 Å². The average molecular weight is 429 g/mol. The number of fused-ring (bicyclic) bond motifs is 1. The molecule has 0 radical (unpaired) electrons. The SMILES string of the molecule is COc1ccccc1-c1noc(Cn2cnc3c(nnn3Cc3ccc(C)cc3)c2=O)n1. The minimum absolute atomic E-state index is 0.0642. The lowest BCUT2D eigenvalue weighted by Crippen LogP contribution is -2.21. The van der Waals surface area contributed by atoms with Gasteiger partial charge in [-0.2, -0.15) is 4.98 Å². The molecule has 2 aromatic carbocycles. The first-order valence-electron chi connectivity index (χ1n) is 9.92. The van der Waals surface area contributed by atoms with Gasteiger partial charge in [-0.3, -0.25) is 9.36 Å². The molecule has 32 heavy (non-hydrogen) atoms. The van der Waals surface area contributed by atoms with Gasteiger partial charge in [-0.25, -0.2) is 9.67 Å². The summed E-state index contributed by atoms with van der Waals surface area (Å²) in [6.45, 7) is 2.56. The number of hydrogen-bond donors (Lipinski definition) is 0. The number of benzene rings is 2. The van der Waals surface area contributed by atoms with Gasteiger partial charge in [0.25, 0.3) is 5.56 Å². The van der Waals surface area contributed by atoms with E-state index in [9.17, 15) is 4.79 Å². The van der Waals surface area contributed by atoms with Crippen molar-refractivity contribution in [1.29, 1.82) is 0 Å². The van der Waals surface area contributed by atoms with E-state index >= 15 is 0 Å². The first-order valence-corrected chi connectivity index (χ1v) is 9.92. The van der Waals surface area contributed by atoms with Gasteiger partial charge in [0.2, 0.25) is 11.7 Å². The smallest absolute Gasteiger partial charge is 0.283 e. The van der Waals surface area contributed by atoms with Crippen molar-refractivity contribution in [2.45, 2.75) is 20.0 Å². The molecule has 0 aliphatic rings. The molecule has 0 unspecified atom stereocenters. The second-order valence-corrected chi connectivity index (χ2v) is 7.29. The molecule has 0 aliphatic carbocycles. The summed E-state index contributed by atoms with van der Waals surface area (Å²) in [7, 11) is 1.58. The van der Waals surface area contributed by atoms with Crippen molar-refractivity contribution in [2.24, 2.45) is 0 Å². The molecule has 0 fully saturated rings. The molecule has 3 aromatic heterocycles. The maximum Gasteiger partial charge on any atom is 0.283 e. The second kappa shape index (κ2) is 8.06. The normalized spacial score (nSPS) is 11.2. The van der Waals surface area contributed by atoms with E-state index in [1.54, 1.807) is 11.8 Å². The van der Waals surface area contributed by atoms with E-state index in [0.29, 0.717) is 29.3 Å². The third-order valence-electron chi connectivity index (χ3n) is 5.07. The van der Waals surface area contributed by atoms with Crippen LogP contribution in [0.5, 0.6) is 5.75 Å². The fourth-order valence-corrected chi connectivity index (χ4v) is 3.38. The third-order valence-corrected chi connectivity index (χ3v) is 5.07. The second-order valence-electron chi connectivity index (χ2n) is 7.29. The maximum absolute atomic E-state index is 12.9. The zero-order chi connectivity index (χ0) is 22.1. The Morgan fingerprint density at radius 1 is 1.06 bits per heavy atom. The van der Waals surface area contributed by atoms with E-state index in [1.807, 2.05) is 55.5 Å². The molecular formula is C22H19N7O3. The zero-order valence-corrected chi connectivity index (χ0v) is 17.5. The number of rotatable bonds is 6. The number of ether oxygens (including phenoxy) is 1. The van der Waals surface area contributed by atoms with Gasteiger partial charge in [0.05, 0.1) is 19.2 Å². The number of nitrogens with zero attached hydrogens (tertiary/aromatic N) is 7. The van der Waals surface area contributed by atoms with E-state index in [-0.39, 0.29) is 23.5 Å². The van der Waals surface area contributed by atoms with Crippen molar-refractivity contribution in [3.05, 3.63) is 82.2 Å². The summed E-state index contributed by atoms with van der Waals surface area (Å²) in [4.78, 5) is 21.7. The molecular weight excluding hydrogens is 410 g/mol. The summed E-state index contributed by atoms with van der Waals surface area (Å²) < 4.78 is 13.7. The Morgan fingerprint density at radius 3 is 2.69 bits per heavy atom. The first kappa shape index (κ1) is 19.6. The standard InChI is InChI=1S/C22H19N7O3/c1-14-7-9-15(10-8-14)11-29-21-19(25-27-29)22(30)28(13-23-21)12-18-24-20(26-32-18)16-5-3-4-6-17(16)31-2/h3-10,13H,11-12H2,1-2H3. The van der Waals surface area contributed by atoms with Gasteiger partial charge in [0.15, 0.2) is 11.2 Å². The molecule has 0 atom stereocenters. The summed E-state index contributed by atoms with van der Waals surface area (Å²) in [5, 5.41) is 12.2. The zero-order valence-electron chi connectivity index (χ0n) is 17.5. The van der Waals surface area contributed by atoms with Gasteiger partial charge in [-0.15, -0.1) is 5.10 Å². The van der Waals surface area contributed by atoms with Gasteiger partial charge >= 0.3 is 0 Å². The minimum Gasteiger partial charge on any atom is -0.496 e. The molecule has 10 heteroatoms. The van der Waals surface area contributed by atoms with Gasteiger partial charge in [-0.1, -0.05) is 52.3 Å². The summed E-state index contributed by atoms with van der Waals surface area (Å²) in [5.74, 6) is 1.27. The van der Waals surface area contributed by atoms with Crippen LogP contribution in [0.2, 0.25) is 0 Å². The lowest BCUT2D eigenvalue weighted by atomic mass is 10.1. The highest BCUT2D eigenvalue weighted by Gasteiger charge is 2.16. The molecule has 0 N–H and O–H groups in total. The van der Waals surface area contributed by atoms with E-state index < -0.39 is 0 Å². The Bertz CT molecular complexity index is 1450. The van der Waals surface area contributed by atoms with E-state index in [1.165, 1.54) is 16.5 Å². The largest absolute Gasteiger partial charge is 0.496 e. The van der Waals surface area contributed by atoms with Crippen molar-refractivity contribution in [3.8, 4) is 17.1 Å². The summed E-state index contributed by atoms with van der Waals surface area (Å²) in [5.41, 5.74) is 3.19. The highest BCUT2D eigenvalue weighted by molar-refractivity contribution is 5.68. The predicted octanol–water partition coefficient (Wildman–Crippen LogP) is 2.45. The van der Waals surface area contributed by atoms with Crippen LogP contribution < -0.4 is 10.3 Å². The maximum atomic E-state index is 12.9. The minimum atomic E-state index is -0.331. The third kappa shape index (κ3) is 3.62. The topological polar surface area (TPSA) is 114 Å². The number of hydrogen-bond acceptors (Lipinski definition) is 8. The van der Waals surface area contributed by atoms with Crippen LogP contribution in [0, 0.1) is 6.92 Å². The fourth-order valence-electron chi connectivity index (χ4n) is 3.38. The lowest BCUT2D eigenvalue weighted by Gasteiger charge is -2.04. The number of aryl methyl sites for hydroxylation is 1. The number of para-hydroxylation sites is 1. The number of methoxy groups -OCH3 is 1. The molecule has 0 bridgehead atoms. The molecule has 0 saturated carbocycles. The van der Waals surface area contributed by atoms with Gasteiger partial charge < -0.3 is 9.26 Å². The van der Waals surface area contributed by atoms with Crippen LogP contribution in [0.4, 0.5) is 0 Å². The Balaban J connectivity index is 1.41.